The lowest BCUT2D eigenvalue weighted by Crippen LogP contribution is -2.34. The molecule has 28 heavy (non-hydrogen) atoms. The Morgan fingerprint density at radius 1 is 1.25 bits per heavy atom. The zero-order valence-corrected chi connectivity index (χ0v) is 15.8. The van der Waals surface area contributed by atoms with Gasteiger partial charge in [0.2, 0.25) is 11.8 Å². The van der Waals surface area contributed by atoms with E-state index in [0.29, 0.717) is 18.8 Å². The molecule has 2 N–H and O–H groups in total. The van der Waals surface area contributed by atoms with Gasteiger partial charge in [0.1, 0.15) is 5.75 Å². The molecule has 0 aliphatic carbocycles. The highest BCUT2D eigenvalue weighted by Gasteiger charge is 2.35. The van der Waals surface area contributed by atoms with Gasteiger partial charge in [-0.3, -0.25) is 9.59 Å². The first-order valence-electron chi connectivity index (χ1n) is 9.43. The Kier molecular flexibility index (Phi) is 5.02. The highest BCUT2D eigenvalue weighted by atomic mass is 16.5. The Morgan fingerprint density at radius 3 is 2.96 bits per heavy atom. The number of fused-ring (bicyclic) bond motifs is 1. The van der Waals surface area contributed by atoms with Gasteiger partial charge < -0.3 is 19.9 Å². The number of hydrogen-bond donors (Lipinski definition) is 2. The monoisotopic (exact) mass is 377 g/mol. The molecule has 0 spiro atoms. The number of nitrogens with zero attached hydrogens (tertiary/aromatic N) is 1. The van der Waals surface area contributed by atoms with Crippen molar-refractivity contribution in [2.24, 2.45) is 5.92 Å². The Balaban J connectivity index is 1.34. The van der Waals surface area contributed by atoms with Gasteiger partial charge in [-0.2, -0.15) is 0 Å². The predicted molar refractivity (Wildman–Crippen MR) is 108 cm³/mol. The van der Waals surface area contributed by atoms with E-state index in [1.165, 1.54) is 10.9 Å². The first-order valence-corrected chi connectivity index (χ1v) is 9.43. The average Bonchev–Trinajstić information content (AvgIpc) is 3.32. The van der Waals surface area contributed by atoms with Crippen molar-refractivity contribution in [3.63, 3.8) is 0 Å². The second-order valence-electron chi connectivity index (χ2n) is 7.01. The Bertz CT molecular complexity index is 1010. The molecular weight excluding hydrogens is 354 g/mol. The van der Waals surface area contributed by atoms with Gasteiger partial charge in [-0.25, -0.2) is 0 Å². The summed E-state index contributed by atoms with van der Waals surface area (Å²) in [5.41, 5.74) is 3.04. The molecule has 6 heteroatoms. The first-order chi connectivity index (χ1) is 13.7. The normalized spacial score (nSPS) is 16.5. The Hall–Kier alpha value is -3.28. The van der Waals surface area contributed by atoms with Crippen LogP contribution in [-0.2, 0) is 16.0 Å². The van der Waals surface area contributed by atoms with Gasteiger partial charge in [0, 0.05) is 48.4 Å². The highest BCUT2D eigenvalue weighted by Crippen LogP contribution is 2.28. The number of amides is 2. The molecule has 2 heterocycles. The topological polar surface area (TPSA) is 74.4 Å². The van der Waals surface area contributed by atoms with E-state index in [0.717, 1.165) is 17.6 Å². The smallest absolute Gasteiger partial charge is 0.227 e. The van der Waals surface area contributed by atoms with E-state index in [1.807, 2.05) is 48.7 Å². The zero-order chi connectivity index (χ0) is 19.5. The fourth-order valence-corrected chi connectivity index (χ4v) is 3.71. The Labute approximate surface area is 163 Å². The summed E-state index contributed by atoms with van der Waals surface area (Å²) in [5, 5.41) is 4.16. The minimum atomic E-state index is -0.332. The van der Waals surface area contributed by atoms with Gasteiger partial charge in [0.15, 0.2) is 0 Å². The number of rotatable bonds is 6. The quantitative estimate of drug-likeness (QED) is 0.694. The first kappa shape index (κ1) is 18.1. The van der Waals surface area contributed by atoms with E-state index >= 15 is 0 Å². The van der Waals surface area contributed by atoms with Gasteiger partial charge in [0.25, 0.3) is 0 Å². The lowest BCUT2D eigenvalue weighted by Gasteiger charge is -2.17. The predicted octanol–water partition coefficient (Wildman–Crippen LogP) is 2.89. The van der Waals surface area contributed by atoms with E-state index in [-0.39, 0.29) is 24.2 Å². The second-order valence-corrected chi connectivity index (χ2v) is 7.01. The van der Waals surface area contributed by atoms with Crippen molar-refractivity contribution >= 4 is 28.4 Å². The molecule has 0 saturated carbocycles. The van der Waals surface area contributed by atoms with Gasteiger partial charge in [0.05, 0.1) is 13.0 Å². The van der Waals surface area contributed by atoms with E-state index in [1.54, 1.807) is 12.0 Å². The molecule has 3 aromatic rings. The summed E-state index contributed by atoms with van der Waals surface area (Å²) >= 11 is 0. The average molecular weight is 377 g/mol. The van der Waals surface area contributed by atoms with Crippen molar-refractivity contribution in [3.8, 4) is 5.75 Å². The van der Waals surface area contributed by atoms with E-state index in [4.69, 9.17) is 4.74 Å². The lowest BCUT2D eigenvalue weighted by atomic mass is 10.1. The van der Waals surface area contributed by atoms with Crippen LogP contribution in [0.3, 0.4) is 0 Å². The summed E-state index contributed by atoms with van der Waals surface area (Å²) in [6.45, 7) is 0.940. The summed E-state index contributed by atoms with van der Waals surface area (Å²) in [6, 6.07) is 15.5. The van der Waals surface area contributed by atoms with Crippen LogP contribution in [0, 0.1) is 5.92 Å². The van der Waals surface area contributed by atoms with Crippen LogP contribution in [0.2, 0.25) is 0 Å². The zero-order valence-electron chi connectivity index (χ0n) is 15.8. The molecule has 1 aromatic heterocycles. The van der Waals surface area contributed by atoms with Crippen LogP contribution in [0.4, 0.5) is 5.69 Å². The fourth-order valence-electron chi connectivity index (χ4n) is 3.71. The molecule has 0 unspecified atom stereocenters. The maximum atomic E-state index is 12.6. The summed E-state index contributed by atoms with van der Waals surface area (Å²) in [4.78, 5) is 29.9. The van der Waals surface area contributed by atoms with Crippen LogP contribution >= 0.6 is 0 Å². The number of carbonyl (C=O) groups excluding carboxylic acids is 2. The third kappa shape index (κ3) is 3.58. The molecule has 1 fully saturated rings. The van der Waals surface area contributed by atoms with Gasteiger partial charge in [-0.05, 0) is 30.2 Å². The SMILES string of the molecule is COc1cccc(N2C[C@H](C(=O)NCCc3c[nH]c4ccccc34)CC2=O)c1. The molecule has 1 aliphatic rings. The lowest BCUT2D eigenvalue weighted by molar-refractivity contribution is -0.126. The molecule has 0 radical (unpaired) electrons. The number of para-hydroxylation sites is 1. The van der Waals surface area contributed by atoms with Crippen LogP contribution in [0.15, 0.2) is 54.7 Å². The fraction of sp³-hybridized carbons (Fsp3) is 0.273. The van der Waals surface area contributed by atoms with E-state index < -0.39 is 0 Å². The van der Waals surface area contributed by atoms with Gasteiger partial charge in [-0.15, -0.1) is 0 Å². The standard InChI is InChI=1S/C22H23N3O3/c1-28-18-6-4-5-17(12-18)25-14-16(11-21(25)26)22(27)23-10-9-15-13-24-20-8-3-2-7-19(15)20/h2-8,12-13,16,24H,9-11,14H2,1H3,(H,23,27)/t16-/m1/s1. The van der Waals surface area contributed by atoms with Gasteiger partial charge >= 0.3 is 0 Å². The number of carbonyl (C=O) groups is 2. The van der Waals surface area contributed by atoms with Crippen molar-refractivity contribution in [3.05, 3.63) is 60.3 Å². The molecule has 1 aliphatic heterocycles. The van der Waals surface area contributed by atoms with E-state index in [9.17, 15) is 9.59 Å². The number of benzene rings is 2. The third-order valence-corrected chi connectivity index (χ3v) is 5.23. The number of nitrogens with one attached hydrogen (secondary N) is 2. The summed E-state index contributed by atoms with van der Waals surface area (Å²) in [5.74, 6) is 0.252. The number of anilines is 1. The molecule has 2 aromatic carbocycles. The van der Waals surface area contributed by atoms with Crippen molar-refractivity contribution in [2.75, 3.05) is 25.1 Å². The highest BCUT2D eigenvalue weighted by molar-refractivity contribution is 6.00. The molecular formula is C22H23N3O3. The maximum absolute atomic E-state index is 12.6. The van der Waals surface area contributed by atoms with Crippen molar-refractivity contribution in [1.82, 2.24) is 10.3 Å². The van der Waals surface area contributed by atoms with Crippen LogP contribution < -0.4 is 15.0 Å². The van der Waals surface area contributed by atoms with Crippen molar-refractivity contribution in [2.45, 2.75) is 12.8 Å². The molecule has 4 rings (SSSR count). The number of hydrogen-bond acceptors (Lipinski definition) is 3. The molecule has 2 amide bonds. The molecule has 6 nitrogen and oxygen atoms in total. The number of ether oxygens (including phenoxy) is 1. The maximum Gasteiger partial charge on any atom is 0.227 e. The summed E-state index contributed by atoms with van der Waals surface area (Å²) in [6.07, 6.45) is 2.96. The molecule has 1 saturated heterocycles. The minimum absolute atomic E-state index is 0.0370. The van der Waals surface area contributed by atoms with Gasteiger partial charge in [-0.1, -0.05) is 24.3 Å². The number of aromatic amines is 1. The second kappa shape index (κ2) is 7.76. The number of methoxy groups -OCH3 is 1. The molecule has 144 valence electrons. The van der Waals surface area contributed by atoms with Crippen LogP contribution in [0.5, 0.6) is 5.75 Å². The van der Waals surface area contributed by atoms with Crippen molar-refractivity contribution in [1.29, 1.82) is 0 Å². The van der Waals surface area contributed by atoms with Crippen LogP contribution in [0.25, 0.3) is 10.9 Å². The summed E-state index contributed by atoms with van der Waals surface area (Å²) in [7, 11) is 1.59. The van der Waals surface area contributed by atoms with Crippen LogP contribution in [-0.4, -0.2) is 37.0 Å². The summed E-state index contributed by atoms with van der Waals surface area (Å²) < 4.78 is 5.22. The Morgan fingerprint density at radius 2 is 2.11 bits per heavy atom. The third-order valence-electron chi connectivity index (χ3n) is 5.23. The van der Waals surface area contributed by atoms with Crippen LogP contribution in [0.1, 0.15) is 12.0 Å². The molecule has 0 bridgehead atoms. The van der Waals surface area contributed by atoms with E-state index in [2.05, 4.69) is 16.4 Å². The van der Waals surface area contributed by atoms with Crippen molar-refractivity contribution < 1.29 is 14.3 Å². The largest absolute Gasteiger partial charge is 0.497 e. The minimum Gasteiger partial charge on any atom is -0.497 e. The number of H-pyrrole nitrogens is 1. The number of aromatic nitrogens is 1. The molecule has 1 atom stereocenters.